The van der Waals surface area contributed by atoms with Crippen molar-refractivity contribution in [3.05, 3.63) is 64.2 Å². The summed E-state index contributed by atoms with van der Waals surface area (Å²) in [7, 11) is 0. The van der Waals surface area contributed by atoms with Crippen LogP contribution in [0.15, 0.2) is 48.5 Å². The SMILES string of the molecule is CCN(CC)C(=O)c1cccc(NC(=O)COC(=O)C2CCN(c3ccccc3[N+](=O)[O-])CC2)c1. The molecule has 0 bridgehead atoms. The zero-order valence-electron chi connectivity index (χ0n) is 19.9. The van der Waals surface area contributed by atoms with E-state index in [0.29, 0.717) is 56.0 Å². The van der Waals surface area contributed by atoms with Gasteiger partial charge in [-0.2, -0.15) is 0 Å². The molecule has 0 atom stereocenters. The maximum atomic E-state index is 12.5. The Kier molecular flexibility index (Phi) is 8.77. The van der Waals surface area contributed by atoms with Crippen LogP contribution in [0.5, 0.6) is 0 Å². The van der Waals surface area contributed by atoms with Crippen molar-refractivity contribution in [2.24, 2.45) is 5.92 Å². The number of nitro groups is 1. The fourth-order valence-corrected chi connectivity index (χ4v) is 4.12. The lowest BCUT2D eigenvalue weighted by atomic mass is 9.96. The molecule has 186 valence electrons. The number of amides is 2. The lowest BCUT2D eigenvalue weighted by Crippen LogP contribution is -2.37. The molecule has 1 fully saturated rings. The molecule has 35 heavy (non-hydrogen) atoms. The molecule has 1 aliphatic heterocycles. The van der Waals surface area contributed by atoms with Crippen LogP contribution in [-0.2, 0) is 14.3 Å². The molecule has 2 aromatic rings. The van der Waals surface area contributed by atoms with Gasteiger partial charge in [-0.25, -0.2) is 0 Å². The second-order valence-electron chi connectivity index (χ2n) is 8.22. The first kappa shape index (κ1) is 25.7. The smallest absolute Gasteiger partial charge is 0.309 e. The maximum Gasteiger partial charge on any atom is 0.309 e. The molecule has 0 radical (unpaired) electrons. The molecule has 0 spiro atoms. The summed E-state index contributed by atoms with van der Waals surface area (Å²) in [5.41, 5.74) is 1.48. The molecule has 10 heteroatoms. The molecule has 0 aliphatic carbocycles. The molecule has 10 nitrogen and oxygen atoms in total. The summed E-state index contributed by atoms with van der Waals surface area (Å²) in [6.45, 7) is 5.49. The van der Waals surface area contributed by atoms with Gasteiger partial charge in [-0.05, 0) is 51.0 Å². The summed E-state index contributed by atoms with van der Waals surface area (Å²) in [6.07, 6.45) is 0.948. The fraction of sp³-hybridized carbons (Fsp3) is 0.400. The molecular weight excluding hydrogens is 452 g/mol. The van der Waals surface area contributed by atoms with Crippen LogP contribution in [0.4, 0.5) is 17.1 Å². The molecule has 1 aliphatic rings. The normalized spacial score (nSPS) is 13.7. The highest BCUT2D eigenvalue weighted by molar-refractivity contribution is 5.97. The van der Waals surface area contributed by atoms with E-state index in [4.69, 9.17) is 4.74 Å². The van der Waals surface area contributed by atoms with Gasteiger partial charge in [0.2, 0.25) is 0 Å². The van der Waals surface area contributed by atoms with E-state index in [0.717, 1.165) is 0 Å². The Labute approximate surface area is 204 Å². The Morgan fingerprint density at radius 1 is 1.09 bits per heavy atom. The summed E-state index contributed by atoms with van der Waals surface area (Å²) < 4.78 is 5.22. The first-order valence-electron chi connectivity index (χ1n) is 11.7. The molecule has 1 saturated heterocycles. The van der Waals surface area contributed by atoms with Crippen LogP contribution in [-0.4, -0.2) is 60.4 Å². The van der Waals surface area contributed by atoms with Gasteiger partial charge in [0.25, 0.3) is 17.5 Å². The van der Waals surface area contributed by atoms with Gasteiger partial charge in [0.15, 0.2) is 6.61 Å². The van der Waals surface area contributed by atoms with E-state index in [2.05, 4.69) is 5.32 Å². The predicted octanol–water partition coefficient (Wildman–Crippen LogP) is 3.48. The van der Waals surface area contributed by atoms with Crippen molar-refractivity contribution >= 4 is 34.8 Å². The third-order valence-corrected chi connectivity index (χ3v) is 6.04. The number of piperidine rings is 1. The van der Waals surface area contributed by atoms with Gasteiger partial charge in [-0.3, -0.25) is 24.5 Å². The van der Waals surface area contributed by atoms with Crippen molar-refractivity contribution in [3.8, 4) is 0 Å². The van der Waals surface area contributed by atoms with E-state index in [1.54, 1.807) is 47.4 Å². The van der Waals surface area contributed by atoms with Crippen molar-refractivity contribution in [2.45, 2.75) is 26.7 Å². The molecule has 1 heterocycles. The van der Waals surface area contributed by atoms with E-state index >= 15 is 0 Å². The summed E-state index contributed by atoms with van der Waals surface area (Å²) in [6, 6.07) is 13.2. The number of nitrogens with one attached hydrogen (secondary N) is 1. The van der Waals surface area contributed by atoms with Gasteiger partial charge < -0.3 is 19.9 Å². The zero-order chi connectivity index (χ0) is 25.4. The van der Waals surface area contributed by atoms with Crippen LogP contribution < -0.4 is 10.2 Å². The number of anilines is 2. The largest absolute Gasteiger partial charge is 0.455 e. The van der Waals surface area contributed by atoms with Crippen molar-refractivity contribution in [1.82, 2.24) is 4.90 Å². The highest BCUT2D eigenvalue weighted by Gasteiger charge is 2.29. The lowest BCUT2D eigenvalue weighted by molar-refractivity contribution is -0.384. The number of para-hydroxylation sites is 2. The van der Waals surface area contributed by atoms with Gasteiger partial charge in [0.05, 0.1) is 10.8 Å². The van der Waals surface area contributed by atoms with Gasteiger partial charge >= 0.3 is 5.97 Å². The minimum Gasteiger partial charge on any atom is -0.455 e. The van der Waals surface area contributed by atoms with Gasteiger partial charge in [-0.1, -0.05) is 18.2 Å². The number of nitrogens with zero attached hydrogens (tertiary/aromatic N) is 3. The minimum atomic E-state index is -0.497. The quantitative estimate of drug-likeness (QED) is 0.330. The van der Waals surface area contributed by atoms with Crippen molar-refractivity contribution < 1.29 is 24.0 Å². The number of rotatable bonds is 9. The predicted molar refractivity (Wildman–Crippen MR) is 131 cm³/mol. The molecule has 3 rings (SSSR count). The van der Waals surface area contributed by atoms with E-state index in [-0.39, 0.29) is 17.5 Å². The Hall–Kier alpha value is -3.95. The topological polar surface area (TPSA) is 122 Å². The van der Waals surface area contributed by atoms with Crippen molar-refractivity contribution in [2.75, 3.05) is 43.0 Å². The Balaban J connectivity index is 1.49. The first-order valence-corrected chi connectivity index (χ1v) is 11.7. The van der Waals surface area contributed by atoms with E-state index in [1.165, 1.54) is 6.07 Å². The van der Waals surface area contributed by atoms with Crippen molar-refractivity contribution in [1.29, 1.82) is 0 Å². The first-order chi connectivity index (χ1) is 16.8. The number of esters is 1. The average Bonchev–Trinajstić information content (AvgIpc) is 2.88. The molecule has 2 aromatic carbocycles. The van der Waals surface area contributed by atoms with Crippen LogP contribution in [0.25, 0.3) is 0 Å². The summed E-state index contributed by atoms with van der Waals surface area (Å²) in [5.74, 6) is -1.46. The highest BCUT2D eigenvalue weighted by atomic mass is 16.6. The number of ether oxygens (including phenoxy) is 1. The van der Waals surface area contributed by atoms with Crippen LogP contribution in [0.1, 0.15) is 37.0 Å². The van der Waals surface area contributed by atoms with E-state index in [9.17, 15) is 24.5 Å². The Morgan fingerprint density at radius 2 is 1.77 bits per heavy atom. The molecular formula is C25H30N4O6. The van der Waals surface area contributed by atoms with Gasteiger partial charge in [0.1, 0.15) is 5.69 Å². The van der Waals surface area contributed by atoms with Crippen LogP contribution >= 0.6 is 0 Å². The average molecular weight is 483 g/mol. The fourth-order valence-electron chi connectivity index (χ4n) is 4.12. The van der Waals surface area contributed by atoms with Crippen LogP contribution in [0, 0.1) is 16.0 Å². The van der Waals surface area contributed by atoms with E-state index in [1.807, 2.05) is 18.7 Å². The minimum absolute atomic E-state index is 0.0352. The number of nitro benzene ring substituents is 1. The summed E-state index contributed by atoms with van der Waals surface area (Å²) in [5, 5.41) is 13.9. The zero-order valence-corrected chi connectivity index (χ0v) is 19.9. The second kappa shape index (κ2) is 12.0. The molecule has 2 amide bonds. The number of benzene rings is 2. The third kappa shape index (κ3) is 6.56. The Morgan fingerprint density at radius 3 is 2.43 bits per heavy atom. The highest BCUT2D eigenvalue weighted by Crippen LogP contribution is 2.31. The third-order valence-electron chi connectivity index (χ3n) is 6.04. The number of carbonyl (C=O) groups is 3. The molecule has 1 N–H and O–H groups in total. The molecule has 0 aromatic heterocycles. The number of hydrogen-bond acceptors (Lipinski definition) is 7. The number of carbonyl (C=O) groups excluding carboxylic acids is 3. The van der Waals surface area contributed by atoms with Gasteiger partial charge in [-0.15, -0.1) is 0 Å². The summed E-state index contributed by atoms with van der Waals surface area (Å²) in [4.78, 5) is 51.7. The number of hydrogen-bond donors (Lipinski definition) is 1. The maximum absolute atomic E-state index is 12.5. The van der Waals surface area contributed by atoms with E-state index < -0.39 is 23.4 Å². The van der Waals surface area contributed by atoms with Crippen molar-refractivity contribution in [3.63, 3.8) is 0 Å². The monoisotopic (exact) mass is 482 g/mol. The van der Waals surface area contributed by atoms with Crippen LogP contribution in [0.3, 0.4) is 0 Å². The van der Waals surface area contributed by atoms with Gasteiger partial charge in [0, 0.05) is 43.5 Å². The summed E-state index contributed by atoms with van der Waals surface area (Å²) >= 11 is 0. The molecule has 0 saturated carbocycles. The van der Waals surface area contributed by atoms with Crippen LogP contribution in [0.2, 0.25) is 0 Å². The standard InChI is InChI=1S/C25H30N4O6/c1-3-27(4-2)24(31)19-8-7-9-20(16-19)26-23(30)17-35-25(32)18-12-14-28(15-13-18)21-10-5-6-11-22(21)29(33)34/h5-11,16,18H,3-4,12-15,17H2,1-2H3,(H,26,30). The lowest BCUT2D eigenvalue weighted by Gasteiger charge is -2.32. The second-order valence-corrected chi connectivity index (χ2v) is 8.22. The molecule has 0 unspecified atom stereocenters. The Bertz CT molecular complexity index is 1080.